The Morgan fingerprint density at radius 1 is 1.16 bits per heavy atom. The zero-order valence-electron chi connectivity index (χ0n) is 12.4. The number of likely N-dealkylation sites (tertiary alicyclic amines) is 1. The van der Waals surface area contributed by atoms with E-state index in [1.54, 1.807) is 6.92 Å². The van der Waals surface area contributed by atoms with Crippen LogP contribution in [0.3, 0.4) is 0 Å². The molecule has 1 aliphatic heterocycles. The van der Waals surface area contributed by atoms with E-state index in [1.165, 1.54) is 0 Å². The maximum atomic E-state index is 12.1. The Morgan fingerprint density at radius 3 is 2.37 bits per heavy atom. The highest BCUT2D eigenvalue weighted by atomic mass is 16.2. The summed E-state index contributed by atoms with van der Waals surface area (Å²) in [6.45, 7) is 8.12. The van der Waals surface area contributed by atoms with E-state index in [9.17, 15) is 9.59 Å². The summed E-state index contributed by atoms with van der Waals surface area (Å²) in [5.41, 5.74) is 0. The first-order valence-electron chi connectivity index (χ1n) is 7.38. The molecule has 19 heavy (non-hydrogen) atoms. The van der Waals surface area contributed by atoms with E-state index in [0.29, 0.717) is 6.54 Å². The van der Waals surface area contributed by atoms with Gasteiger partial charge in [0.15, 0.2) is 0 Å². The van der Waals surface area contributed by atoms with Crippen LogP contribution in [0.5, 0.6) is 0 Å². The lowest BCUT2D eigenvalue weighted by atomic mass is 10.2. The molecule has 0 aromatic carbocycles. The van der Waals surface area contributed by atoms with Crippen molar-refractivity contribution in [3.8, 4) is 0 Å². The molecular weight excluding hydrogens is 242 g/mol. The Kier molecular flexibility index (Phi) is 6.84. The van der Waals surface area contributed by atoms with Crippen LogP contribution in [-0.2, 0) is 9.59 Å². The summed E-state index contributed by atoms with van der Waals surface area (Å²) in [4.78, 5) is 25.8. The van der Waals surface area contributed by atoms with Gasteiger partial charge in [0.2, 0.25) is 11.8 Å². The smallest absolute Gasteiger partial charge is 0.239 e. The van der Waals surface area contributed by atoms with E-state index in [0.717, 1.165) is 38.8 Å². The fourth-order valence-corrected chi connectivity index (χ4v) is 2.27. The average Bonchev–Trinajstić information content (AvgIpc) is 2.91. The number of hydrogen-bond donors (Lipinski definition) is 2. The van der Waals surface area contributed by atoms with Gasteiger partial charge in [-0.25, -0.2) is 0 Å². The minimum absolute atomic E-state index is 0.0329. The number of rotatable bonds is 7. The van der Waals surface area contributed by atoms with Crippen molar-refractivity contribution in [2.45, 2.75) is 58.5 Å². The number of unbranched alkanes of at least 4 members (excludes halogenated alkanes) is 1. The second-order valence-corrected chi connectivity index (χ2v) is 5.29. The van der Waals surface area contributed by atoms with Gasteiger partial charge in [0.1, 0.15) is 0 Å². The molecule has 1 aliphatic rings. The van der Waals surface area contributed by atoms with Crippen molar-refractivity contribution in [3.63, 3.8) is 0 Å². The second kappa shape index (κ2) is 8.15. The highest BCUT2D eigenvalue weighted by Crippen LogP contribution is 2.09. The standard InChI is InChI=1S/C14H27N3O2/c1-4-5-8-15-13(18)11(2)16-12(3)14(19)17-9-6-7-10-17/h11-12,16H,4-10H2,1-3H3,(H,15,18). The number of carbonyl (C=O) groups excluding carboxylic acids is 2. The lowest BCUT2D eigenvalue weighted by Crippen LogP contribution is -2.51. The van der Waals surface area contributed by atoms with E-state index in [-0.39, 0.29) is 23.9 Å². The third-order valence-electron chi connectivity index (χ3n) is 3.51. The molecule has 0 saturated carbocycles. The van der Waals surface area contributed by atoms with Crippen LogP contribution in [-0.4, -0.2) is 48.4 Å². The Bertz CT molecular complexity index is 301. The van der Waals surface area contributed by atoms with Crippen LogP contribution in [0.2, 0.25) is 0 Å². The molecule has 5 heteroatoms. The molecule has 5 nitrogen and oxygen atoms in total. The van der Waals surface area contributed by atoms with Gasteiger partial charge in [-0.2, -0.15) is 0 Å². The fourth-order valence-electron chi connectivity index (χ4n) is 2.27. The number of carbonyl (C=O) groups is 2. The summed E-state index contributed by atoms with van der Waals surface area (Å²) in [5, 5.41) is 5.95. The molecule has 110 valence electrons. The molecule has 2 unspecified atom stereocenters. The van der Waals surface area contributed by atoms with Crippen LogP contribution >= 0.6 is 0 Å². The van der Waals surface area contributed by atoms with E-state index < -0.39 is 0 Å². The third-order valence-corrected chi connectivity index (χ3v) is 3.51. The highest BCUT2D eigenvalue weighted by Gasteiger charge is 2.25. The maximum absolute atomic E-state index is 12.1. The molecule has 0 aliphatic carbocycles. The van der Waals surface area contributed by atoms with Crippen molar-refractivity contribution in [2.24, 2.45) is 0 Å². The Labute approximate surface area is 116 Å². The van der Waals surface area contributed by atoms with E-state index in [4.69, 9.17) is 0 Å². The normalized spacial score (nSPS) is 18.2. The van der Waals surface area contributed by atoms with Crippen LogP contribution in [0.1, 0.15) is 46.5 Å². The summed E-state index contributed by atoms with van der Waals surface area (Å²) >= 11 is 0. The van der Waals surface area contributed by atoms with Gasteiger partial charge in [-0.3, -0.25) is 14.9 Å². The first-order valence-corrected chi connectivity index (χ1v) is 7.38. The topological polar surface area (TPSA) is 61.4 Å². The van der Waals surface area contributed by atoms with Crippen LogP contribution in [0.4, 0.5) is 0 Å². The van der Waals surface area contributed by atoms with Gasteiger partial charge in [0, 0.05) is 19.6 Å². The summed E-state index contributed by atoms with van der Waals surface area (Å²) in [5.74, 6) is 0.0697. The number of nitrogens with one attached hydrogen (secondary N) is 2. The third kappa shape index (κ3) is 5.19. The molecule has 0 aromatic heterocycles. The molecule has 2 amide bonds. The molecule has 1 heterocycles. The Hall–Kier alpha value is -1.10. The Balaban J connectivity index is 2.31. The quantitative estimate of drug-likeness (QED) is 0.675. The number of hydrogen-bond acceptors (Lipinski definition) is 3. The monoisotopic (exact) mass is 269 g/mol. The van der Waals surface area contributed by atoms with Crippen LogP contribution < -0.4 is 10.6 Å². The lowest BCUT2D eigenvalue weighted by molar-refractivity contribution is -0.132. The summed E-state index contributed by atoms with van der Waals surface area (Å²) in [6.07, 6.45) is 4.23. The minimum Gasteiger partial charge on any atom is -0.355 e. The molecule has 0 radical (unpaired) electrons. The minimum atomic E-state index is -0.335. The van der Waals surface area contributed by atoms with Crippen molar-refractivity contribution >= 4 is 11.8 Å². The molecule has 0 bridgehead atoms. The Morgan fingerprint density at radius 2 is 1.79 bits per heavy atom. The summed E-state index contributed by atoms with van der Waals surface area (Å²) < 4.78 is 0. The summed E-state index contributed by atoms with van der Waals surface area (Å²) in [6, 6.07) is -0.636. The van der Waals surface area contributed by atoms with Gasteiger partial charge < -0.3 is 10.2 Å². The average molecular weight is 269 g/mol. The van der Waals surface area contributed by atoms with E-state index in [1.807, 2.05) is 11.8 Å². The van der Waals surface area contributed by atoms with Gasteiger partial charge in [0.25, 0.3) is 0 Å². The first-order chi connectivity index (χ1) is 9.06. The van der Waals surface area contributed by atoms with Crippen molar-refractivity contribution in [1.82, 2.24) is 15.5 Å². The zero-order valence-corrected chi connectivity index (χ0v) is 12.4. The fraction of sp³-hybridized carbons (Fsp3) is 0.857. The van der Waals surface area contributed by atoms with Gasteiger partial charge in [0.05, 0.1) is 12.1 Å². The molecular formula is C14H27N3O2. The number of amides is 2. The second-order valence-electron chi connectivity index (χ2n) is 5.29. The van der Waals surface area contributed by atoms with Crippen molar-refractivity contribution in [1.29, 1.82) is 0 Å². The maximum Gasteiger partial charge on any atom is 0.239 e. The van der Waals surface area contributed by atoms with E-state index >= 15 is 0 Å². The van der Waals surface area contributed by atoms with Crippen molar-refractivity contribution in [2.75, 3.05) is 19.6 Å². The van der Waals surface area contributed by atoms with Gasteiger partial charge in [-0.15, -0.1) is 0 Å². The lowest BCUT2D eigenvalue weighted by Gasteiger charge is -2.23. The molecule has 2 N–H and O–H groups in total. The molecule has 1 saturated heterocycles. The van der Waals surface area contributed by atoms with E-state index in [2.05, 4.69) is 17.6 Å². The molecule has 2 atom stereocenters. The molecule has 0 aromatic rings. The van der Waals surface area contributed by atoms with Crippen molar-refractivity contribution < 1.29 is 9.59 Å². The first kappa shape index (κ1) is 16.0. The molecule has 1 fully saturated rings. The molecule has 1 rings (SSSR count). The molecule has 0 spiro atoms. The predicted octanol–water partition coefficient (Wildman–Crippen LogP) is 0.892. The zero-order chi connectivity index (χ0) is 14.3. The summed E-state index contributed by atoms with van der Waals surface area (Å²) in [7, 11) is 0. The van der Waals surface area contributed by atoms with Gasteiger partial charge in [-0.1, -0.05) is 13.3 Å². The largest absolute Gasteiger partial charge is 0.355 e. The van der Waals surface area contributed by atoms with Gasteiger partial charge in [-0.05, 0) is 33.1 Å². The van der Waals surface area contributed by atoms with Crippen LogP contribution in [0.15, 0.2) is 0 Å². The van der Waals surface area contributed by atoms with Crippen molar-refractivity contribution in [3.05, 3.63) is 0 Å². The highest BCUT2D eigenvalue weighted by molar-refractivity contribution is 5.85. The van der Waals surface area contributed by atoms with Crippen LogP contribution in [0.25, 0.3) is 0 Å². The van der Waals surface area contributed by atoms with Gasteiger partial charge >= 0.3 is 0 Å². The SMILES string of the molecule is CCCCNC(=O)C(C)NC(C)C(=O)N1CCCC1. The van der Waals surface area contributed by atoms with Crippen LogP contribution in [0, 0.1) is 0 Å². The number of nitrogens with zero attached hydrogens (tertiary/aromatic N) is 1. The predicted molar refractivity (Wildman–Crippen MR) is 75.8 cm³/mol.